The molecule has 3 N–H and O–H groups in total. The Labute approximate surface area is 110 Å². The van der Waals surface area contributed by atoms with E-state index >= 15 is 0 Å². The van der Waals surface area contributed by atoms with Crippen LogP contribution in [0.1, 0.15) is 11.4 Å². The Kier molecular flexibility index (Phi) is 3.49. The van der Waals surface area contributed by atoms with Crippen molar-refractivity contribution in [1.29, 1.82) is 0 Å². The molecule has 0 aromatic carbocycles. The van der Waals surface area contributed by atoms with Crippen molar-refractivity contribution in [3.05, 3.63) is 29.7 Å². The number of anilines is 1. The Balaban J connectivity index is 2.24. The van der Waals surface area contributed by atoms with E-state index in [4.69, 9.17) is 5.73 Å². The van der Waals surface area contributed by atoms with Crippen LogP contribution >= 0.6 is 0 Å². The summed E-state index contributed by atoms with van der Waals surface area (Å²) in [5.41, 5.74) is 6.61. The number of hydrogen-bond donors (Lipinski definition) is 2. The fourth-order valence-corrected chi connectivity index (χ4v) is 2.93. The van der Waals surface area contributed by atoms with Crippen molar-refractivity contribution in [2.75, 3.05) is 5.73 Å². The molecule has 0 radical (unpaired) electrons. The van der Waals surface area contributed by atoms with E-state index < -0.39 is 10.0 Å². The van der Waals surface area contributed by atoms with E-state index in [9.17, 15) is 8.42 Å². The van der Waals surface area contributed by atoms with E-state index in [-0.39, 0.29) is 17.3 Å². The topological polar surface area (TPSA) is 116 Å². The number of nitrogens with zero attached hydrogens (tertiary/aromatic N) is 4. The summed E-state index contributed by atoms with van der Waals surface area (Å²) in [5.74, 6) is -0.0216. The lowest BCUT2D eigenvalue weighted by Gasteiger charge is -2.06. The quantitative estimate of drug-likeness (QED) is 0.786. The van der Waals surface area contributed by atoms with E-state index in [0.29, 0.717) is 11.4 Å². The standard InChI is InChI=1S/C10H14N6O2S/c1-7-9(10(11)15-16(7)2)19(17,18)13-6-8-4-3-5-12-14-8/h3-5,13H,6H2,1-2H3,(H2,11,15). The molecule has 0 atom stereocenters. The van der Waals surface area contributed by atoms with Gasteiger partial charge in [-0.05, 0) is 19.1 Å². The molecule has 0 saturated heterocycles. The number of nitrogen functional groups attached to an aromatic ring is 1. The lowest BCUT2D eigenvalue weighted by molar-refractivity contribution is 0.579. The van der Waals surface area contributed by atoms with E-state index in [0.717, 1.165) is 0 Å². The molecular weight excluding hydrogens is 268 g/mol. The SMILES string of the molecule is Cc1c(S(=O)(=O)NCc2cccnn2)c(N)nn1C. The van der Waals surface area contributed by atoms with Crippen LogP contribution < -0.4 is 10.5 Å². The van der Waals surface area contributed by atoms with Gasteiger partial charge in [-0.1, -0.05) is 0 Å². The Morgan fingerprint density at radius 3 is 2.74 bits per heavy atom. The summed E-state index contributed by atoms with van der Waals surface area (Å²) in [6.45, 7) is 1.68. The zero-order chi connectivity index (χ0) is 14.0. The maximum absolute atomic E-state index is 12.2. The molecule has 0 saturated carbocycles. The summed E-state index contributed by atoms with van der Waals surface area (Å²) in [6, 6.07) is 3.36. The van der Waals surface area contributed by atoms with E-state index in [1.807, 2.05) is 0 Å². The maximum Gasteiger partial charge on any atom is 0.246 e. The first-order valence-corrected chi connectivity index (χ1v) is 6.95. The second-order valence-corrected chi connectivity index (χ2v) is 5.67. The van der Waals surface area contributed by atoms with Crippen molar-refractivity contribution in [2.45, 2.75) is 18.4 Å². The summed E-state index contributed by atoms with van der Waals surface area (Å²) in [4.78, 5) is -0.00103. The van der Waals surface area contributed by atoms with Gasteiger partial charge in [0.2, 0.25) is 10.0 Å². The van der Waals surface area contributed by atoms with Crippen molar-refractivity contribution >= 4 is 15.8 Å². The lowest BCUT2D eigenvalue weighted by atomic mass is 10.4. The number of aromatic nitrogens is 4. The Morgan fingerprint density at radius 2 is 2.21 bits per heavy atom. The first-order valence-electron chi connectivity index (χ1n) is 5.47. The fraction of sp³-hybridized carbons (Fsp3) is 0.300. The Hall–Kier alpha value is -2.00. The highest BCUT2D eigenvalue weighted by Crippen LogP contribution is 2.20. The molecule has 2 rings (SSSR count). The largest absolute Gasteiger partial charge is 0.381 e. The van der Waals surface area contributed by atoms with Gasteiger partial charge in [-0.25, -0.2) is 13.1 Å². The molecule has 0 bridgehead atoms. The van der Waals surface area contributed by atoms with Gasteiger partial charge in [-0.2, -0.15) is 15.3 Å². The van der Waals surface area contributed by atoms with E-state index in [1.165, 1.54) is 10.9 Å². The molecular formula is C10H14N6O2S. The molecule has 0 amide bonds. The molecule has 0 aliphatic rings. The summed E-state index contributed by atoms with van der Waals surface area (Å²) in [5, 5.41) is 11.3. The smallest absolute Gasteiger partial charge is 0.246 e. The number of nitrogens with two attached hydrogens (primary N) is 1. The van der Waals surface area contributed by atoms with Crippen LogP contribution in [0, 0.1) is 6.92 Å². The van der Waals surface area contributed by atoms with Crippen LogP contribution in [0.15, 0.2) is 23.2 Å². The maximum atomic E-state index is 12.2. The van der Waals surface area contributed by atoms with Crippen LogP contribution in [0.4, 0.5) is 5.82 Å². The summed E-state index contributed by atoms with van der Waals surface area (Å²) < 4.78 is 28.2. The third kappa shape index (κ3) is 2.71. The average Bonchev–Trinajstić information content (AvgIpc) is 2.63. The fourth-order valence-electron chi connectivity index (χ4n) is 1.62. The minimum atomic E-state index is -3.73. The molecule has 102 valence electrons. The first-order chi connectivity index (χ1) is 8.92. The van der Waals surface area contributed by atoms with Crippen LogP contribution in [0.3, 0.4) is 0 Å². The molecule has 19 heavy (non-hydrogen) atoms. The number of hydrogen-bond acceptors (Lipinski definition) is 6. The van der Waals surface area contributed by atoms with Gasteiger partial charge in [0.05, 0.1) is 17.9 Å². The molecule has 0 fully saturated rings. The average molecular weight is 282 g/mol. The van der Waals surface area contributed by atoms with Gasteiger partial charge in [-0.3, -0.25) is 4.68 Å². The molecule has 2 aromatic heterocycles. The number of nitrogens with one attached hydrogen (secondary N) is 1. The van der Waals surface area contributed by atoms with Gasteiger partial charge >= 0.3 is 0 Å². The summed E-state index contributed by atoms with van der Waals surface area (Å²) in [7, 11) is -2.09. The van der Waals surface area contributed by atoms with Crippen molar-refractivity contribution in [2.24, 2.45) is 7.05 Å². The third-order valence-electron chi connectivity index (χ3n) is 2.64. The Bertz CT molecular complexity index is 680. The number of aryl methyl sites for hydroxylation is 1. The van der Waals surface area contributed by atoms with Crippen LogP contribution in [-0.4, -0.2) is 28.4 Å². The minimum Gasteiger partial charge on any atom is -0.381 e. The zero-order valence-electron chi connectivity index (χ0n) is 10.5. The first kappa shape index (κ1) is 13.4. The highest BCUT2D eigenvalue weighted by atomic mass is 32.2. The number of rotatable bonds is 4. The van der Waals surface area contributed by atoms with Gasteiger partial charge in [0.1, 0.15) is 4.90 Å². The van der Waals surface area contributed by atoms with Crippen LogP contribution in [0.25, 0.3) is 0 Å². The molecule has 9 heteroatoms. The van der Waals surface area contributed by atoms with Crippen LogP contribution in [-0.2, 0) is 23.6 Å². The molecule has 0 spiro atoms. The van der Waals surface area contributed by atoms with Gasteiger partial charge in [0.15, 0.2) is 5.82 Å². The van der Waals surface area contributed by atoms with Gasteiger partial charge in [0, 0.05) is 13.2 Å². The lowest BCUT2D eigenvalue weighted by Crippen LogP contribution is -2.25. The van der Waals surface area contributed by atoms with E-state index in [1.54, 1.807) is 26.1 Å². The predicted octanol–water partition coefficient (Wildman–Crippen LogP) is -0.421. The van der Waals surface area contributed by atoms with Gasteiger partial charge in [-0.15, -0.1) is 0 Å². The van der Waals surface area contributed by atoms with Crippen molar-refractivity contribution in [3.8, 4) is 0 Å². The second-order valence-electron chi connectivity index (χ2n) is 3.96. The van der Waals surface area contributed by atoms with Crippen LogP contribution in [0.2, 0.25) is 0 Å². The second kappa shape index (κ2) is 4.94. The summed E-state index contributed by atoms with van der Waals surface area (Å²) >= 11 is 0. The van der Waals surface area contributed by atoms with Crippen molar-refractivity contribution < 1.29 is 8.42 Å². The minimum absolute atomic E-state index is 0.00103. The monoisotopic (exact) mass is 282 g/mol. The van der Waals surface area contributed by atoms with Crippen molar-refractivity contribution in [3.63, 3.8) is 0 Å². The third-order valence-corrected chi connectivity index (χ3v) is 4.21. The molecule has 0 aliphatic carbocycles. The van der Waals surface area contributed by atoms with E-state index in [2.05, 4.69) is 20.0 Å². The molecule has 0 unspecified atom stereocenters. The zero-order valence-corrected chi connectivity index (χ0v) is 11.3. The number of sulfonamides is 1. The predicted molar refractivity (Wildman–Crippen MR) is 68.4 cm³/mol. The van der Waals surface area contributed by atoms with Gasteiger partial charge < -0.3 is 5.73 Å². The molecule has 2 aromatic rings. The van der Waals surface area contributed by atoms with Crippen LogP contribution in [0.5, 0.6) is 0 Å². The van der Waals surface area contributed by atoms with Gasteiger partial charge in [0.25, 0.3) is 0 Å². The molecule has 8 nitrogen and oxygen atoms in total. The molecule has 0 aliphatic heterocycles. The highest BCUT2D eigenvalue weighted by molar-refractivity contribution is 7.89. The highest BCUT2D eigenvalue weighted by Gasteiger charge is 2.24. The van der Waals surface area contributed by atoms with Crippen molar-refractivity contribution in [1.82, 2.24) is 24.7 Å². The Morgan fingerprint density at radius 1 is 1.47 bits per heavy atom. The normalized spacial score (nSPS) is 11.7. The summed E-state index contributed by atoms with van der Waals surface area (Å²) in [6.07, 6.45) is 1.52. The molecule has 2 heterocycles.